The van der Waals surface area contributed by atoms with E-state index in [1.807, 2.05) is 42.5 Å². The average molecular weight is 325 g/mol. The molecule has 2 rings (SSSR count). The molecule has 0 aromatic heterocycles. The lowest BCUT2D eigenvalue weighted by molar-refractivity contribution is -0.130. The van der Waals surface area contributed by atoms with E-state index >= 15 is 0 Å². The van der Waals surface area contributed by atoms with Crippen LogP contribution in [0.3, 0.4) is 0 Å². The Hall–Kier alpha value is -2.82. The third-order valence-corrected chi connectivity index (χ3v) is 3.47. The van der Waals surface area contributed by atoms with Crippen molar-refractivity contribution in [2.75, 3.05) is 14.1 Å². The van der Waals surface area contributed by atoms with E-state index in [9.17, 15) is 9.59 Å². The summed E-state index contributed by atoms with van der Waals surface area (Å²) in [5, 5.41) is 2.65. The second-order valence-electron chi connectivity index (χ2n) is 5.60. The van der Waals surface area contributed by atoms with Gasteiger partial charge in [-0.15, -0.1) is 0 Å². The van der Waals surface area contributed by atoms with Gasteiger partial charge in [-0.05, 0) is 17.2 Å². The molecule has 0 fully saturated rings. The molecule has 24 heavy (non-hydrogen) atoms. The minimum absolute atomic E-state index is 0.163. The number of hydrogen-bond donors (Lipinski definition) is 1. The van der Waals surface area contributed by atoms with Crippen LogP contribution in [-0.2, 0) is 22.6 Å². The van der Waals surface area contributed by atoms with Crippen molar-refractivity contribution >= 4 is 12.0 Å². The van der Waals surface area contributed by atoms with Crippen LogP contribution in [0.1, 0.15) is 11.1 Å². The van der Waals surface area contributed by atoms with E-state index in [0.29, 0.717) is 6.42 Å². The predicted molar refractivity (Wildman–Crippen MR) is 91.2 cm³/mol. The second-order valence-corrected chi connectivity index (χ2v) is 5.60. The van der Waals surface area contributed by atoms with Gasteiger partial charge in [-0.2, -0.15) is 0 Å². The lowest BCUT2D eigenvalue weighted by Crippen LogP contribution is -2.47. The maximum atomic E-state index is 12.3. The Morgan fingerprint density at radius 1 is 1.08 bits per heavy atom. The summed E-state index contributed by atoms with van der Waals surface area (Å²) in [6.45, 7) is 0.163. The van der Waals surface area contributed by atoms with Crippen LogP contribution in [0, 0.1) is 6.07 Å². The Labute approximate surface area is 142 Å². The molecule has 5 nitrogen and oxygen atoms in total. The maximum Gasteiger partial charge on any atom is 0.408 e. The van der Waals surface area contributed by atoms with Crippen molar-refractivity contribution < 1.29 is 14.3 Å². The van der Waals surface area contributed by atoms with E-state index in [4.69, 9.17) is 4.74 Å². The fourth-order valence-electron chi connectivity index (χ4n) is 2.21. The number of carbonyl (C=O) groups is 2. The maximum absolute atomic E-state index is 12.3. The van der Waals surface area contributed by atoms with Gasteiger partial charge in [-0.1, -0.05) is 54.6 Å². The average Bonchev–Trinajstić information content (AvgIpc) is 2.60. The van der Waals surface area contributed by atoms with Crippen LogP contribution in [0.5, 0.6) is 0 Å². The van der Waals surface area contributed by atoms with Crippen molar-refractivity contribution in [1.29, 1.82) is 0 Å². The smallest absolute Gasteiger partial charge is 0.408 e. The van der Waals surface area contributed by atoms with Crippen molar-refractivity contribution in [3.05, 3.63) is 71.8 Å². The first-order valence-electron chi connectivity index (χ1n) is 7.69. The summed E-state index contributed by atoms with van der Waals surface area (Å²) in [4.78, 5) is 25.8. The van der Waals surface area contributed by atoms with Crippen LogP contribution < -0.4 is 5.32 Å². The molecule has 0 saturated heterocycles. The summed E-state index contributed by atoms with van der Waals surface area (Å²) in [6, 6.07) is 18.9. The Morgan fingerprint density at radius 3 is 2.38 bits per heavy atom. The van der Waals surface area contributed by atoms with Crippen molar-refractivity contribution in [1.82, 2.24) is 10.2 Å². The fourth-order valence-corrected chi connectivity index (χ4v) is 2.21. The number of alkyl carbamates (subject to hydrolysis) is 1. The van der Waals surface area contributed by atoms with E-state index in [0.717, 1.165) is 11.1 Å². The first kappa shape index (κ1) is 17.5. The van der Waals surface area contributed by atoms with Gasteiger partial charge >= 0.3 is 6.09 Å². The van der Waals surface area contributed by atoms with Crippen molar-refractivity contribution in [2.45, 2.75) is 19.1 Å². The molecule has 1 unspecified atom stereocenters. The molecule has 0 spiro atoms. The Kier molecular flexibility index (Phi) is 6.37. The highest BCUT2D eigenvalue weighted by atomic mass is 16.5. The zero-order chi connectivity index (χ0) is 17.4. The van der Waals surface area contributed by atoms with Gasteiger partial charge < -0.3 is 15.0 Å². The molecule has 1 radical (unpaired) electrons. The molecule has 0 bridgehead atoms. The molecule has 1 N–H and O–H groups in total. The summed E-state index contributed by atoms with van der Waals surface area (Å²) in [5.74, 6) is -0.181. The summed E-state index contributed by atoms with van der Waals surface area (Å²) < 4.78 is 5.20. The van der Waals surface area contributed by atoms with Gasteiger partial charge in [0.2, 0.25) is 5.91 Å². The van der Waals surface area contributed by atoms with Crippen LogP contribution in [0.2, 0.25) is 0 Å². The number of amides is 2. The summed E-state index contributed by atoms with van der Waals surface area (Å²) in [7, 11) is 3.32. The molecule has 0 aliphatic carbocycles. The van der Waals surface area contributed by atoms with Crippen LogP contribution in [0.25, 0.3) is 0 Å². The van der Waals surface area contributed by atoms with Crippen LogP contribution in [-0.4, -0.2) is 37.0 Å². The Bertz CT molecular complexity index is 657. The molecule has 0 aliphatic heterocycles. The fraction of sp³-hybridized carbons (Fsp3) is 0.263. The van der Waals surface area contributed by atoms with Crippen LogP contribution >= 0.6 is 0 Å². The predicted octanol–water partition coefficient (Wildman–Crippen LogP) is 2.41. The van der Waals surface area contributed by atoms with Crippen LogP contribution in [0.4, 0.5) is 4.79 Å². The second kappa shape index (κ2) is 8.72. The van der Waals surface area contributed by atoms with Crippen molar-refractivity contribution in [3.8, 4) is 0 Å². The van der Waals surface area contributed by atoms with Gasteiger partial charge in [0.1, 0.15) is 12.6 Å². The van der Waals surface area contributed by atoms with E-state index in [2.05, 4.69) is 11.4 Å². The quantitative estimate of drug-likeness (QED) is 0.887. The third-order valence-electron chi connectivity index (χ3n) is 3.47. The van der Waals surface area contributed by atoms with Gasteiger partial charge in [0.25, 0.3) is 0 Å². The SMILES string of the molecule is CN(C)C(=O)C(Cc1cc[c]cc1)NC(=O)OCc1ccccc1. The van der Waals surface area contributed by atoms with E-state index in [-0.39, 0.29) is 12.5 Å². The number of benzene rings is 2. The summed E-state index contributed by atoms with van der Waals surface area (Å²) in [6.07, 6.45) is -0.215. The molecule has 0 aliphatic rings. The molecule has 2 aromatic rings. The molecule has 0 heterocycles. The highest BCUT2D eigenvalue weighted by molar-refractivity contribution is 5.85. The van der Waals surface area contributed by atoms with Gasteiger partial charge in [-0.3, -0.25) is 4.79 Å². The molecule has 0 saturated carbocycles. The van der Waals surface area contributed by atoms with E-state index in [1.165, 1.54) is 4.90 Å². The van der Waals surface area contributed by atoms with Gasteiger partial charge in [0, 0.05) is 20.5 Å². The van der Waals surface area contributed by atoms with Crippen molar-refractivity contribution in [2.24, 2.45) is 0 Å². The molecule has 2 aromatic carbocycles. The molecular weight excluding hydrogens is 304 g/mol. The lowest BCUT2D eigenvalue weighted by Gasteiger charge is -2.21. The number of carbonyl (C=O) groups excluding carboxylic acids is 2. The number of nitrogens with zero attached hydrogens (tertiary/aromatic N) is 1. The number of ether oxygens (including phenoxy) is 1. The summed E-state index contributed by atoms with van der Waals surface area (Å²) >= 11 is 0. The van der Waals surface area contributed by atoms with Gasteiger partial charge in [-0.25, -0.2) is 4.79 Å². The molecule has 125 valence electrons. The zero-order valence-corrected chi connectivity index (χ0v) is 13.9. The zero-order valence-electron chi connectivity index (χ0n) is 13.9. The highest BCUT2D eigenvalue weighted by Gasteiger charge is 2.23. The molecule has 1 atom stereocenters. The topological polar surface area (TPSA) is 58.6 Å². The monoisotopic (exact) mass is 325 g/mol. The first-order chi connectivity index (χ1) is 11.6. The molecule has 5 heteroatoms. The van der Waals surface area contributed by atoms with Gasteiger partial charge in [0.15, 0.2) is 0 Å². The van der Waals surface area contributed by atoms with Gasteiger partial charge in [0.05, 0.1) is 0 Å². The standard InChI is InChI=1S/C19H21N2O3/c1-21(2)18(22)17(13-15-9-5-3-6-10-15)20-19(23)24-14-16-11-7-4-8-12-16/h4-12,17H,13-14H2,1-2H3,(H,20,23). The Morgan fingerprint density at radius 2 is 1.75 bits per heavy atom. The third kappa shape index (κ3) is 5.43. The van der Waals surface area contributed by atoms with E-state index in [1.54, 1.807) is 26.2 Å². The van der Waals surface area contributed by atoms with Crippen molar-refractivity contribution in [3.63, 3.8) is 0 Å². The number of likely N-dealkylation sites (N-methyl/N-ethyl adjacent to an activating group) is 1. The number of hydrogen-bond acceptors (Lipinski definition) is 3. The minimum atomic E-state index is -0.675. The molecular formula is C19H21N2O3. The normalized spacial score (nSPS) is 11.4. The Balaban J connectivity index is 1.96. The largest absolute Gasteiger partial charge is 0.445 e. The first-order valence-corrected chi connectivity index (χ1v) is 7.69. The number of nitrogens with one attached hydrogen (secondary N) is 1. The summed E-state index contributed by atoms with van der Waals surface area (Å²) in [5.41, 5.74) is 1.83. The lowest BCUT2D eigenvalue weighted by atomic mass is 10.1. The van der Waals surface area contributed by atoms with Crippen LogP contribution in [0.15, 0.2) is 54.6 Å². The molecule has 2 amide bonds. The highest BCUT2D eigenvalue weighted by Crippen LogP contribution is 2.06. The van der Waals surface area contributed by atoms with E-state index < -0.39 is 12.1 Å². The number of rotatable bonds is 6. The minimum Gasteiger partial charge on any atom is -0.445 e.